The lowest BCUT2D eigenvalue weighted by Crippen LogP contribution is -2.13. The highest BCUT2D eigenvalue weighted by molar-refractivity contribution is 5.98. The normalized spacial score (nSPS) is 11.0. The topological polar surface area (TPSA) is 97.7 Å². The minimum atomic E-state index is -0.634. The van der Waals surface area contributed by atoms with Crippen LogP contribution in [0.15, 0.2) is 36.4 Å². The number of amides is 1. The average Bonchev–Trinajstić information content (AvgIpc) is 2.58. The second-order valence-corrected chi connectivity index (χ2v) is 4.88. The number of anilines is 1. The van der Waals surface area contributed by atoms with Crippen molar-refractivity contribution in [2.75, 3.05) is 12.4 Å². The molecule has 0 radical (unpaired) electrons. The molecular weight excluding hydrogens is 312 g/mol. The van der Waals surface area contributed by atoms with Crippen LogP contribution in [0.25, 0.3) is 0 Å². The Bertz CT molecular complexity index is 870. The molecule has 1 aliphatic heterocycles. The number of methoxy groups -OCH3 is 1. The molecule has 2 aromatic carbocycles. The van der Waals surface area contributed by atoms with Gasteiger partial charge in [-0.1, -0.05) is 12.1 Å². The molecule has 0 aromatic heterocycles. The largest absolute Gasteiger partial charge is 0.465 e. The van der Waals surface area contributed by atoms with E-state index in [0.29, 0.717) is 17.2 Å². The second-order valence-electron chi connectivity index (χ2n) is 4.88. The Morgan fingerprint density at radius 3 is 2.54 bits per heavy atom. The van der Waals surface area contributed by atoms with E-state index < -0.39 is 11.9 Å². The molecule has 0 saturated heterocycles. The summed E-state index contributed by atoms with van der Waals surface area (Å²) in [5, 5.41) is 11.1. The smallest absolute Gasteiger partial charge is 0.341 e. The highest BCUT2D eigenvalue weighted by Gasteiger charge is 2.26. The van der Waals surface area contributed by atoms with E-state index in [4.69, 9.17) is 19.5 Å². The van der Waals surface area contributed by atoms with Crippen LogP contribution in [0.3, 0.4) is 0 Å². The molecule has 0 atom stereocenters. The first-order valence-electron chi connectivity index (χ1n) is 7.00. The first-order chi connectivity index (χ1) is 11.6. The maximum atomic E-state index is 12.0. The number of carbonyl (C=O) groups is 2. The summed E-state index contributed by atoms with van der Waals surface area (Å²) < 4.78 is 16.3. The summed E-state index contributed by atoms with van der Waals surface area (Å²) in [7, 11) is 1.24. The molecule has 1 aliphatic rings. The number of carbonyl (C=O) groups excluding carboxylic acids is 2. The summed E-state index contributed by atoms with van der Waals surface area (Å²) in [6, 6.07) is 11.7. The Kier molecular flexibility index (Phi) is 4.03. The van der Waals surface area contributed by atoms with Crippen LogP contribution >= 0.6 is 0 Å². The van der Waals surface area contributed by atoms with E-state index >= 15 is 0 Å². The highest BCUT2D eigenvalue weighted by Crippen LogP contribution is 2.48. The number of nitrogens with zero attached hydrogens (tertiary/aromatic N) is 1. The molecule has 0 saturated carbocycles. The van der Waals surface area contributed by atoms with Crippen molar-refractivity contribution in [3.63, 3.8) is 0 Å². The van der Waals surface area contributed by atoms with Crippen molar-refractivity contribution in [3.05, 3.63) is 42.0 Å². The molecule has 120 valence electrons. The van der Waals surface area contributed by atoms with E-state index in [-0.39, 0.29) is 23.5 Å². The van der Waals surface area contributed by atoms with Gasteiger partial charge in [0.15, 0.2) is 23.0 Å². The number of nitriles is 1. The summed E-state index contributed by atoms with van der Waals surface area (Å²) in [5.41, 5.74) is 0.411. The molecule has 0 spiro atoms. The van der Waals surface area contributed by atoms with Crippen LogP contribution < -0.4 is 14.8 Å². The van der Waals surface area contributed by atoms with E-state index in [1.54, 1.807) is 30.3 Å². The van der Waals surface area contributed by atoms with Crippen LogP contribution in [0, 0.1) is 11.3 Å². The molecule has 0 unspecified atom stereocenters. The third-order valence-corrected chi connectivity index (χ3v) is 3.26. The number of nitrogens with one attached hydrogen (secondary N) is 1. The fourth-order valence-electron chi connectivity index (χ4n) is 2.24. The molecule has 0 aliphatic carbocycles. The van der Waals surface area contributed by atoms with E-state index in [1.165, 1.54) is 19.2 Å². The molecule has 1 amide bonds. The van der Waals surface area contributed by atoms with Crippen molar-refractivity contribution in [1.29, 1.82) is 5.26 Å². The molecule has 1 N–H and O–H groups in total. The van der Waals surface area contributed by atoms with Gasteiger partial charge in [0.25, 0.3) is 0 Å². The maximum absolute atomic E-state index is 12.0. The Morgan fingerprint density at radius 1 is 1.17 bits per heavy atom. The zero-order valence-electron chi connectivity index (χ0n) is 12.7. The average molecular weight is 324 g/mol. The quantitative estimate of drug-likeness (QED) is 0.743. The lowest BCUT2D eigenvalue weighted by molar-refractivity contribution is -0.115. The van der Waals surface area contributed by atoms with Gasteiger partial charge in [-0.15, -0.1) is 0 Å². The minimum absolute atomic E-state index is 0.108. The van der Waals surface area contributed by atoms with Gasteiger partial charge in [-0.05, 0) is 18.2 Å². The first-order valence-corrected chi connectivity index (χ1v) is 7.00. The second kappa shape index (κ2) is 6.30. The summed E-state index contributed by atoms with van der Waals surface area (Å²) in [4.78, 5) is 23.6. The van der Waals surface area contributed by atoms with Gasteiger partial charge in [-0.25, -0.2) is 4.79 Å². The minimum Gasteiger partial charge on any atom is -0.465 e. The zero-order valence-corrected chi connectivity index (χ0v) is 12.7. The predicted molar refractivity (Wildman–Crippen MR) is 83.2 cm³/mol. The number of ether oxygens (including phenoxy) is 3. The van der Waals surface area contributed by atoms with Gasteiger partial charge in [0, 0.05) is 11.8 Å². The van der Waals surface area contributed by atoms with E-state index in [0.717, 1.165) is 0 Å². The van der Waals surface area contributed by atoms with Crippen molar-refractivity contribution in [3.8, 4) is 29.1 Å². The Hall–Kier alpha value is -3.53. The summed E-state index contributed by atoms with van der Waals surface area (Å²) >= 11 is 0. The van der Waals surface area contributed by atoms with Crippen LogP contribution in [0.4, 0.5) is 5.69 Å². The summed E-state index contributed by atoms with van der Waals surface area (Å²) in [6.45, 7) is 0. The van der Waals surface area contributed by atoms with Crippen molar-refractivity contribution < 1.29 is 23.8 Å². The standard InChI is InChI=1S/C17H12N2O5/c1-22-17(21)11-8-10(19-15(20)6-7-18)9-14-16(11)24-13-5-3-2-4-12(13)23-14/h2-5,8-9H,6H2,1H3,(H,19,20). The van der Waals surface area contributed by atoms with Crippen LogP contribution in [0.2, 0.25) is 0 Å². The van der Waals surface area contributed by atoms with Crippen LogP contribution in [0.5, 0.6) is 23.0 Å². The van der Waals surface area contributed by atoms with Gasteiger partial charge in [0.05, 0.1) is 13.2 Å². The van der Waals surface area contributed by atoms with Gasteiger partial charge in [0.1, 0.15) is 12.0 Å². The van der Waals surface area contributed by atoms with Gasteiger partial charge in [-0.3, -0.25) is 4.79 Å². The Balaban J connectivity index is 2.04. The molecule has 7 nitrogen and oxygen atoms in total. The van der Waals surface area contributed by atoms with Gasteiger partial charge < -0.3 is 19.5 Å². The lowest BCUT2D eigenvalue weighted by atomic mass is 10.1. The van der Waals surface area contributed by atoms with Crippen molar-refractivity contribution in [2.45, 2.75) is 6.42 Å². The van der Waals surface area contributed by atoms with Crippen LogP contribution in [-0.4, -0.2) is 19.0 Å². The van der Waals surface area contributed by atoms with Crippen molar-refractivity contribution in [1.82, 2.24) is 0 Å². The number of hydrogen-bond acceptors (Lipinski definition) is 6. The molecule has 1 heterocycles. The molecular formula is C17H12N2O5. The fraction of sp³-hybridized carbons (Fsp3) is 0.118. The number of fused-ring (bicyclic) bond motifs is 2. The molecule has 0 bridgehead atoms. The fourth-order valence-corrected chi connectivity index (χ4v) is 2.24. The number of esters is 1. The van der Waals surface area contributed by atoms with Crippen molar-refractivity contribution in [2.24, 2.45) is 0 Å². The zero-order chi connectivity index (χ0) is 17.1. The third kappa shape index (κ3) is 2.85. The Labute approximate surface area is 137 Å². The maximum Gasteiger partial charge on any atom is 0.341 e. The molecule has 24 heavy (non-hydrogen) atoms. The molecule has 3 rings (SSSR count). The highest BCUT2D eigenvalue weighted by atomic mass is 16.6. The van der Waals surface area contributed by atoms with Crippen LogP contribution in [-0.2, 0) is 9.53 Å². The van der Waals surface area contributed by atoms with E-state index in [1.807, 2.05) is 0 Å². The van der Waals surface area contributed by atoms with E-state index in [2.05, 4.69) is 5.32 Å². The van der Waals surface area contributed by atoms with Crippen LogP contribution in [0.1, 0.15) is 16.8 Å². The number of hydrogen-bond donors (Lipinski definition) is 1. The SMILES string of the molecule is COC(=O)c1cc(NC(=O)CC#N)cc2c1Oc1ccccc1O2. The summed E-state index contributed by atoms with van der Waals surface area (Å²) in [5.74, 6) is 0.302. The van der Waals surface area contributed by atoms with E-state index in [9.17, 15) is 9.59 Å². The van der Waals surface area contributed by atoms with Gasteiger partial charge in [-0.2, -0.15) is 5.26 Å². The monoisotopic (exact) mass is 324 g/mol. The molecule has 2 aromatic rings. The lowest BCUT2D eigenvalue weighted by Gasteiger charge is -2.23. The van der Waals surface area contributed by atoms with Crippen molar-refractivity contribution >= 4 is 17.6 Å². The summed E-state index contributed by atoms with van der Waals surface area (Å²) in [6.07, 6.45) is -0.301. The Morgan fingerprint density at radius 2 is 1.88 bits per heavy atom. The molecule has 0 fully saturated rings. The first kappa shape index (κ1) is 15.4. The third-order valence-electron chi connectivity index (χ3n) is 3.26. The van der Waals surface area contributed by atoms with Gasteiger partial charge >= 0.3 is 5.97 Å². The van der Waals surface area contributed by atoms with Gasteiger partial charge in [0.2, 0.25) is 5.91 Å². The molecule has 7 heteroatoms. The number of benzene rings is 2. The number of para-hydroxylation sites is 2. The number of rotatable bonds is 3. The predicted octanol–water partition coefficient (Wildman–Crippen LogP) is 3.22.